The minimum absolute atomic E-state index is 0.336. The number of alkyl halides is 3. The lowest BCUT2D eigenvalue weighted by atomic mass is 10.0. The molecule has 0 aliphatic carbocycles. The van der Waals surface area contributed by atoms with Crippen molar-refractivity contribution in [2.24, 2.45) is 0 Å². The third-order valence-electron chi connectivity index (χ3n) is 2.87. The van der Waals surface area contributed by atoms with Gasteiger partial charge in [0.05, 0.1) is 11.4 Å². The maximum absolute atomic E-state index is 12.7. The topological polar surface area (TPSA) is 20.3 Å². The van der Waals surface area contributed by atoms with Crippen molar-refractivity contribution in [3.05, 3.63) is 38.8 Å². The average molecular weight is 474 g/mol. The highest BCUT2D eigenvalue weighted by Crippen LogP contribution is 2.34. The van der Waals surface area contributed by atoms with Crippen LogP contribution in [0.2, 0.25) is 0 Å². The van der Waals surface area contributed by atoms with Crippen LogP contribution in [0.25, 0.3) is 5.70 Å². The first-order chi connectivity index (χ1) is 9.40. The Bertz CT molecular complexity index is 563. The van der Waals surface area contributed by atoms with E-state index < -0.39 is 17.8 Å². The Morgan fingerprint density at radius 2 is 2.05 bits per heavy atom. The summed E-state index contributed by atoms with van der Waals surface area (Å²) in [5, 5.41) is 0. The summed E-state index contributed by atoms with van der Waals surface area (Å²) in [7, 11) is 0. The van der Waals surface area contributed by atoms with Gasteiger partial charge in [-0.25, -0.2) is 8.78 Å². The largest absolute Gasteiger partial charge is 0.305 e. The summed E-state index contributed by atoms with van der Waals surface area (Å²) in [6, 6.07) is 5.42. The van der Waals surface area contributed by atoms with E-state index in [0.717, 1.165) is 19.4 Å². The van der Waals surface area contributed by atoms with Gasteiger partial charge >= 0.3 is 0 Å². The number of nitrogens with zero attached hydrogens (tertiary/aromatic N) is 1. The molecule has 1 heterocycles. The van der Waals surface area contributed by atoms with Gasteiger partial charge in [0.1, 0.15) is 0 Å². The van der Waals surface area contributed by atoms with E-state index in [1.165, 1.54) is 0 Å². The first kappa shape index (κ1) is 16.1. The van der Waals surface area contributed by atoms with Gasteiger partial charge in [0.15, 0.2) is 0 Å². The molecule has 1 aromatic carbocycles. The molecule has 7 heteroatoms. The van der Waals surface area contributed by atoms with E-state index in [0.29, 0.717) is 12.1 Å². The number of hydrogen-bond donors (Lipinski definition) is 0. The minimum atomic E-state index is -2.57. The van der Waals surface area contributed by atoms with Crippen molar-refractivity contribution in [1.82, 2.24) is 4.90 Å². The molecule has 1 aliphatic heterocycles. The highest BCUT2D eigenvalue weighted by molar-refractivity contribution is 9.11. The van der Waals surface area contributed by atoms with Crippen molar-refractivity contribution in [2.45, 2.75) is 17.7 Å². The second kappa shape index (κ2) is 6.66. The Kier molecular flexibility index (Phi) is 5.36. The number of rotatable bonds is 3. The molecular weight excluding hydrogens is 464 g/mol. The monoisotopic (exact) mass is 471 g/mol. The maximum atomic E-state index is 12.7. The average Bonchev–Trinajstić information content (AvgIpc) is 2.36. The zero-order valence-corrected chi connectivity index (χ0v) is 14.9. The Hall–Kier alpha value is -0.270. The molecule has 1 aliphatic rings. The molecule has 2 nitrogen and oxygen atoms in total. The molecule has 1 aromatic rings. The molecule has 20 heavy (non-hydrogen) atoms. The first-order valence-corrected chi connectivity index (χ1v) is 8.29. The van der Waals surface area contributed by atoms with E-state index >= 15 is 0 Å². The van der Waals surface area contributed by atoms with E-state index in [4.69, 9.17) is 0 Å². The van der Waals surface area contributed by atoms with Gasteiger partial charge in [-0.2, -0.15) is 0 Å². The van der Waals surface area contributed by atoms with Crippen molar-refractivity contribution >= 4 is 59.4 Å². The number of halogens is 5. The van der Waals surface area contributed by atoms with Crippen molar-refractivity contribution in [2.75, 3.05) is 6.54 Å². The number of hydrogen-bond acceptors (Lipinski definition) is 1. The number of benzene rings is 1. The van der Waals surface area contributed by atoms with Crippen molar-refractivity contribution < 1.29 is 13.6 Å². The summed E-state index contributed by atoms with van der Waals surface area (Å²) >= 11 is 9.96. The molecule has 1 atom stereocenters. The zero-order valence-electron chi connectivity index (χ0n) is 10.1. The third-order valence-corrected chi connectivity index (χ3v) is 4.79. The highest BCUT2D eigenvalue weighted by Gasteiger charge is 2.31. The summed E-state index contributed by atoms with van der Waals surface area (Å²) in [6.07, 6.45) is -0.289. The highest BCUT2D eigenvalue weighted by atomic mass is 79.9. The predicted octanol–water partition coefficient (Wildman–Crippen LogP) is 4.81. The van der Waals surface area contributed by atoms with Gasteiger partial charge in [0.25, 0.3) is 6.43 Å². The second-order valence-electron chi connectivity index (χ2n) is 4.26. The van der Waals surface area contributed by atoms with Gasteiger partial charge in [-0.05, 0) is 18.6 Å². The van der Waals surface area contributed by atoms with Crippen LogP contribution in [0.15, 0.2) is 33.2 Å². The molecule has 1 amide bonds. The molecule has 0 aromatic heterocycles. The maximum Gasteiger partial charge on any atom is 0.256 e. The number of amides is 1. The molecule has 0 saturated carbocycles. The number of carbonyl (C=O) groups excluding carboxylic acids is 1. The van der Waals surface area contributed by atoms with Gasteiger partial charge in [-0.15, -0.1) is 0 Å². The van der Waals surface area contributed by atoms with Crippen LogP contribution < -0.4 is 0 Å². The molecule has 2 rings (SSSR count). The summed E-state index contributed by atoms with van der Waals surface area (Å²) in [4.78, 5) is 12.8. The summed E-state index contributed by atoms with van der Waals surface area (Å²) in [5.74, 6) is -0.336. The van der Waals surface area contributed by atoms with Gasteiger partial charge in [-0.3, -0.25) is 4.79 Å². The van der Waals surface area contributed by atoms with Crippen molar-refractivity contribution in [3.63, 3.8) is 0 Å². The Morgan fingerprint density at radius 1 is 1.35 bits per heavy atom. The molecule has 0 radical (unpaired) electrons. The van der Waals surface area contributed by atoms with Crippen LogP contribution in [-0.4, -0.2) is 28.6 Å². The molecular formula is C13H10Br3F2NO. The summed E-state index contributed by atoms with van der Waals surface area (Å²) < 4.78 is 27.1. The van der Waals surface area contributed by atoms with Crippen LogP contribution in [0.1, 0.15) is 12.0 Å². The summed E-state index contributed by atoms with van der Waals surface area (Å²) in [6.45, 7) is -0.602. The fourth-order valence-electron chi connectivity index (χ4n) is 1.99. The molecule has 0 bridgehead atoms. The van der Waals surface area contributed by atoms with E-state index in [1.54, 1.807) is 12.1 Å². The standard InChI is InChI=1S/C13H10Br3F2NO/c14-7-1-2-8(10(16)5-7)11-4-3-9(15)13(20)19(11)6-12(17)18/h1-2,4-5,9,12H,3,6H2. The number of allylic oxidation sites excluding steroid dienone is 1. The lowest BCUT2D eigenvalue weighted by Gasteiger charge is -2.31. The van der Waals surface area contributed by atoms with E-state index in [-0.39, 0.29) is 5.91 Å². The minimum Gasteiger partial charge on any atom is -0.305 e. The smallest absolute Gasteiger partial charge is 0.256 e. The van der Waals surface area contributed by atoms with Crippen LogP contribution in [0.3, 0.4) is 0 Å². The predicted molar refractivity (Wildman–Crippen MR) is 84.9 cm³/mol. The van der Waals surface area contributed by atoms with Crippen LogP contribution in [0.4, 0.5) is 8.78 Å². The molecule has 0 fully saturated rings. The van der Waals surface area contributed by atoms with Gasteiger partial charge < -0.3 is 4.90 Å². The lowest BCUT2D eigenvalue weighted by molar-refractivity contribution is -0.129. The van der Waals surface area contributed by atoms with E-state index in [9.17, 15) is 13.6 Å². The van der Waals surface area contributed by atoms with Gasteiger partial charge in [0.2, 0.25) is 5.91 Å². The normalized spacial score (nSPS) is 19.5. The van der Waals surface area contributed by atoms with Gasteiger partial charge in [0, 0.05) is 20.2 Å². The Balaban J connectivity index is 2.43. The fraction of sp³-hybridized carbons (Fsp3) is 0.308. The van der Waals surface area contributed by atoms with Crippen LogP contribution in [0.5, 0.6) is 0 Å². The zero-order chi connectivity index (χ0) is 14.9. The van der Waals surface area contributed by atoms with Crippen molar-refractivity contribution in [1.29, 1.82) is 0 Å². The molecule has 0 N–H and O–H groups in total. The Labute approximate surface area is 140 Å². The van der Waals surface area contributed by atoms with E-state index in [1.807, 2.05) is 12.1 Å². The lowest BCUT2D eigenvalue weighted by Crippen LogP contribution is -2.41. The van der Waals surface area contributed by atoms with E-state index in [2.05, 4.69) is 47.8 Å². The van der Waals surface area contributed by atoms with Gasteiger partial charge in [-0.1, -0.05) is 59.9 Å². The molecule has 108 valence electrons. The second-order valence-corrected chi connectivity index (χ2v) is 7.13. The quantitative estimate of drug-likeness (QED) is 0.577. The third kappa shape index (κ3) is 3.49. The van der Waals surface area contributed by atoms with Crippen LogP contribution in [0, 0.1) is 0 Å². The molecule has 0 saturated heterocycles. The summed E-state index contributed by atoms with van der Waals surface area (Å²) in [5.41, 5.74) is 1.24. The molecule has 1 unspecified atom stereocenters. The molecule has 0 spiro atoms. The van der Waals surface area contributed by atoms with Crippen LogP contribution >= 0.6 is 47.8 Å². The van der Waals surface area contributed by atoms with Crippen LogP contribution in [-0.2, 0) is 4.79 Å². The Morgan fingerprint density at radius 3 is 2.65 bits per heavy atom. The SMILES string of the molecule is O=C1C(Br)CC=C(c2ccc(Br)cc2Br)N1CC(F)F. The van der Waals surface area contributed by atoms with Crippen molar-refractivity contribution in [3.8, 4) is 0 Å². The number of carbonyl (C=O) groups is 1. The fourth-order valence-corrected chi connectivity index (χ4v) is 3.68. The first-order valence-electron chi connectivity index (χ1n) is 5.79.